The molecule has 0 unspecified atom stereocenters. The fourth-order valence-corrected chi connectivity index (χ4v) is 2.51. The van der Waals surface area contributed by atoms with E-state index in [1.807, 2.05) is 25.1 Å². The van der Waals surface area contributed by atoms with Crippen molar-refractivity contribution >= 4 is 17.8 Å². The van der Waals surface area contributed by atoms with Crippen LogP contribution >= 0.6 is 0 Å². The Morgan fingerprint density at radius 1 is 1.00 bits per heavy atom. The van der Waals surface area contributed by atoms with Crippen LogP contribution in [0.1, 0.15) is 34.0 Å². The highest BCUT2D eigenvalue weighted by Gasteiger charge is 2.26. The minimum atomic E-state index is -0.999. The number of nitrogens with zero attached hydrogens (tertiary/aromatic N) is 1. The summed E-state index contributed by atoms with van der Waals surface area (Å²) in [6.45, 7) is 1.98. The van der Waals surface area contributed by atoms with Crippen LogP contribution in [0.4, 0.5) is 0 Å². The molecule has 2 rings (SSSR count). The van der Waals surface area contributed by atoms with Crippen LogP contribution in [-0.2, 0) is 14.3 Å². The highest BCUT2D eigenvalue weighted by Crippen LogP contribution is 2.20. The lowest BCUT2D eigenvalue weighted by Gasteiger charge is -2.21. The number of carbonyl (C=O) groups is 3. The van der Waals surface area contributed by atoms with Crippen LogP contribution in [-0.4, -0.2) is 43.3 Å². The van der Waals surface area contributed by atoms with Crippen LogP contribution in [0.25, 0.3) is 0 Å². The molecular formula is C21H24N2O4. The number of carbonyl (C=O) groups excluding carboxylic acids is 3. The van der Waals surface area contributed by atoms with Gasteiger partial charge in [-0.05, 0) is 18.6 Å². The maximum Gasteiger partial charge on any atom is 0.308 e. The summed E-state index contributed by atoms with van der Waals surface area (Å²) in [6.07, 6.45) is -1.03. The topological polar surface area (TPSA) is 75.7 Å². The van der Waals surface area contributed by atoms with E-state index < -0.39 is 12.1 Å². The van der Waals surface area contributed by atoms with Gasteiger partial charge < -0.3 is 15.0 Å². The van der Waals surface area contributed by atoms with E-state index in [9.17, 15) is 14.4 Å². The van der Waals surface area contributed by atoms with Crippen LogP contribution in [0.5, 0.6) is 0 Å². The van der Waals surface area contributed by atoms with Gasteiger partial charge in [-0.15, -0.1) is 0 Å². The van der Waals surface area contributed by atoms with Crippen molar-refractivity contribution in [2.75, 3.05) is 20.6 Å². The van der Waals surface area contributed by atoms with Gasteiger partial charge in [-0.3, -0.25) is 14.4 Å². The largest absolute Gasteiger partial charge is 0.447 e. The molecule has 0 heterocycles. The molecule has 2 amide bonds. The van der Waals surface area contributed by atoms with Crippen LogP contribution < -0.4 is 5.32 Å². The van der Waals surface area contributed by atoms with Crippen LogP contribution in [0.15, 0.2) is 54.6 Å². The number of hydrogen-bond acceptors (Lipinski definition) is 4. The molecule has 0 aliphatic heterocycles. The van der Waals surface area contributed by atoms with E-state index >= 15 is 0 Å². The third-order valence-electron chi connectivity index (χ3n) is 4.02. The molecule has 2 aromatic rings. The van der Waals surface area contributed by atoms with Crippen LogP contribution in [0.3, 0.4) is 0 Å². The molecular weight excluding hydrogens is 344 g/mol. The van der Waals surface area contributed by atoms with E-state index in [1.165, 1.54) is 4.90 Å². The minimum Gasteiger partial charge on any atom is -0.447 e. The second-order valence-electron chi connectivity index (χ2n) is 6.33. The van der Waals surface area contributed by atoms with Gasteiger partial charge >= 0.3 is 5.97 Å². The van der Waals surface area contributed by atoms with E-state index in [0.29, 0.717) is 11.1 Å². The van der Waals surface area contributed by atoms with Crippen LogP contribution in [0.2, 0.25) is 0 Å². The molecule has 0 bridgehead atoms. The highest BCUT2D eigenvalue weighted by molar-refractivity contribution is 5.95. The Hall–Kier alpha value is -3.15. The van der Waals surface area contributed by atoms with Crippen molar-refractivity contribution < 1.29 is 19.1 Å². The van der Waals surface area contributed by atoms with Gasteiger partial charge in [0.15, 0.2) is 0 Å². The second-order valence-corrected chi connectivity index (χ2v) is 6.33. The first kappa shape index (κ1) is 20.2. The van der Waals surface area contributed by atoms with Gasteiger partial charge in [0.2, 0.25) is 6.10 Å². The standard InChI is InChI=1S/C21H24N2O4/c1-15-9-7-8-12-17(15)20(25)22-14-13-18(24)27-19(21(26)23(2)3)16-10-5-4-6-11-16/h4-12,19H,13-14H2,1-3H3,(H,22,25)/t19-/m0/s1. The van der Waals surface area contributed by atoms with Gasteiger partial charge in [-0.1, -0.05) is 48.5 Å². The molecule has 6 nitrogen and oxygen atoms in total. The van der Waals surface area contributed by atoms with Gasteiger partial charge in [-0.2, -0.15) is 0 Å². The van der Waals surface area contributed by atoms with Gasteiger partial charge in [-0.25, -0.2) is 0 Å². The van der Waals surface area contributed by atoms with Gasteiger partial charge in [0.1, 0.15) is 0 Å². The van der Waals surface area contributed by atoms with Crippen molar-refractivity contribution in [1.82, 2.24) is 10.2 Å². The first-order valence-corrected chi connectivity index (χ1v) is 8.69. The zero-order chi connectivity index (χ0) is 19.8. The van der Waals surface area contributed by atoms with E-state index in [0.717, 1.165) is 5.56 Å². The van der Waals surface area contributed by atoms with Crippen LogP contribution in [0, 0.1) is 6.92 Å². The average molecular weight is 368 g/mol. The number of amides is 2. The number of benzene rings is 2. The first-order chi connectivity index (χ1) is 12.9. The zero-order valence-electron chi connectivity index (χ0n) is 15.8. The first-order valence-electron chi connectivity index (χ1n) is 8.69. The fraction of sp³-hybridized carbons (Fsp3) is 0.286. The predicted molar refractivity (Wildman–Crippen MR) is 102 cm³/mol. The molecule has 0 saturated carbocycles. The quantitative estimate of drug-likeness (QED) is 0.762. The smallest absolute Gasteiger partial charge is 0.308 e. The van der Waals surface area contributed by atoms with Crippen molar-refractivity contribution in [3.63, 3.8) is 0 Å². The molecule has 6 heteroatoms. The summed E-state index contributed by atoms with van der Waals surface area (Å²) in [6, 6.07) is 16.1. The molecule has 142 valence electrons. The molecule has 1 atom stereocenters. The second kappa shape index (κ2) is 9.52. The average Bonchev–Trinajstić information content (AvgIpc) is 2.66. The fourth-order valence-electron chi connectivity index (χ4n) is 2.51. The van der Waals surface area contributed by atoms with Crippen molar-refractivity contribution in [3.8, 4) is 0 Å². The molecule has 0 aliphatic rings. The number of aryl methyl sites for hydroxylation is 1. The maximum atomic E-state index is 12.4. The zero-order valence-corrected chi connectivity index (χ0v) is 15.8. The van der Waals surface area contributed by atoms with Gasteiger partial charge in [0, 0.05) is 31.8 Å². The number of likely N-dealkylation sites (N-methyl/N-ethyl adjacent to an activating group) is 1. The summed E-state index contributed by atoms with van der Waals surface area (Å²) in [5.41, 5.74) is 2.03. The van der Waals surface area contributed by atoms with Crippen molar-refractivity contribution in [2.45, 2.75) is 19.4 Å². The monoisotopic (exact) mass is 368 g/mol. The Kier molecular flexibility index (Phi) is 7.11. The predicted octanol–water partition coefficient (Wildman–Crippen LogP) is 2.49. The minimum absolute atomic E-state index is 0.0261. The summed E-state index contributed by atoms with van der Waals surface area (Å²) in [7, 11) is 3.21. The Labute approximate surface area is 159 Å². The third-order valence-corrected chi connectivity index (χ3v) is 4.02. The summed E-state index contributed by atoms with van der Waals surface area (Å²) in [5.74, 6) is -1.12. The molecule has 2 aromatic carbocycles. The number of rotatable bonds is 7. The van der Waals surface area contributed by atoms with E-state index in [4.69, 9.17) is 4.74 Å². The third kappa shape index (κ3) is 5.67. The molecule has 0 fully saturated rings. The number of nitrogens with one attached hydrogen (secondary N) is 1. The molecule has 0 radical (unpaired) electrons. The van der Waals surface area contributed by atoms with Crippen molar-refractivity contribution in [3.05, 3.63) is 71.3 Å². The molecule has 27 heavy (non-hydrogen) atoms. The summed E-state index contributed by atoms with van der Waals surface area (Å²) < 4.78 is 5.39. The Morgan fingerprint density at radius 2 is 1.63 bits per heavy atom. The molecule has 0 saturated heterocycles. The van der Waals surface area contributed by atoms with E-state index in [-0.39, 0.29) is 24.8 Å². The number of ether oxygens (including phenoxy) is 1. The molecule has 0 aromatic heterocycles. The van der Waals surface area contributed by atoms with Gasteiger partial charge in [0.05, 0.1) is 6.42 Å². The number of esters is 1. The van der Waals surface area contributed by atoms with E-state index in [2.05, 4.69) is 5.32 Å². The Morgan fingerprint density at radius 3 is 2.26 bits per heavy atom. The SMILES string of the molecule is Cc1ccccc1C(=O)NCCC(=O)O[C@H](C(=O)N(C)C)c1ccccc1. The van der Waals surface area contributed by atoms with Crippen molar-refractivity contribution in [2.24, 2.45) is 0 Å². The summed E-state index contributed by atoms with van der Waals surface area (Å²) >= 11 is 0. The lowest BCUT2D eigenvalue weighted by Crippen LogP contribution is -2.32. The molecule has 0 aliphatic carbocycles. The lowest BCUT2D eigenvalue weighted by atomic mass is 10.1. The summed E-state index contributed by atoms with van der Waals surface area (Å²) in [4.78, 5) is 38.1. The summed E-state index contributed by atoms with van der Waals surface area (Å²) in [5, 5.41) is 2.70. The highest BCUT2D eigenvalue weighted by atomic mass is 16.5. The normalized spacial score (nSPS) is 11.4. The lowest BCUT2D eigenvalue weighted by molar-refractivity contribution is -0.159. The van der Waals surface area contributed by atoms with Crippen molar-refractivity contribution in [1.29, 1.82) is 0 Å². The number of hydrogen-bond donors (Lipinski definition) is 1. The maximum absolute atomic E-state index is 12.4. The van der Waals surface area contributed by atoms with Gasteiger partial charge in [0.25, 0.3) is 11.8 Å². The Balaban J connectivity index is 1.93. The Bertz CT molecular complexity index is 803. The molecule has 0 spiro atoms. The van der Waals surface area contributed by atoms with E-state index in [1.54, 1.807) is 50.5 Å². The molecule has 1 N–H and O–H groups in total.